The van der Waals surface area contributed by atoms with Crippen LogP contribution in [0.15, 0.2) is 24.3 Å². The molecule has 1 atom stereocenters. The summed E-state index contributed by atoms with van der Waals surface area (Å²) in [6.45, 7) is 1.81. The predicted octanol–water partition coefficient (Wildman–Crippen LogP) is 2.05. The van der Waals surface area contributed by atoms with E-state index in [4.69, 9.17) is 10.5 Å². The average Bonchev–Trinajstić information content (AvgIpc) is 2.90. The maximum absolute atomic E-state index is 12.8. The molecule has 0 saturated heterocycles. The molecule has 0 aliphatic rings. The van der Waals surface area contributed by atoms with Crippen molar-refractivity contribution in [3.05, 3.63) is 35.9 Å². The minimum Gasteiger partial charge on any atom is -0.483 e. The lowest BCUT2D eigenvalue weighted by Crippen LogP contribution is -2.08. The topological polar surface area (TPSA) is 78.3 Å². The normalized spacial score (nSPS) is 12.7. The number of nitrogens with zero attached hydrogens (tertiary/aromatic N) is 4. The van der Waals surface area contributed by atoms with Gasteiger partial charge in [-0.05, 0) is 31.2 Å². The highest BCUT2D eigenvalue weighted by Crippen LogP contribution is 2.23. The van der Waals surface area contributed by atoms with Crippen LogP contribution in [0.3, 0.4) is 0 Å². The highest BCUT2D eigenvalue weighted by atomic mass is 32.1. The summed E-state index contributed by atoms with van der Waals surface area (Å²) in [6.07, 6.45) is -0.373. The van der Waals surface area contributed by atoms with E-state index in [0.717, 1.165) is 0 Å². The number of anilines is 1. The van der Waals surface area contributed by atoms with Crippen LogP contribution in [0.1, 0.15) is 18.9 Å². The van der Waals surface area contributed by atoms with Crippen LogP contribution in [-0.4, -0.2) is 19.8 Å². The zero-order valence-corrected chi connectivity index (χ0v) is 10.8. The van der Waals surface area contributed by atoms with E-state index in [1.54, 1.807) is 16.6 Å². The Morgan fingerprint density at radius 3 is 2.79 bits per heavy atom. The number of rotatable bonds is 3. The van der Waals surface area contributed by atoms with Crippen molar-refractivity contribution in [2.75, 3.05) is 5.73 Å². The molecule has 2 heterocycles. The van der Waals surface area contributed by atoms with Gasteiger partial charge in [-0.3, -0.25) is 0 Å². The number of ether oxygens (including phenoxy) is 1. The Morgan fingerprint density at radius 2 is 2.05 bits per heavy atom. The predicted molar refractivity (Wildman–Crippen MR) is 68.5 cm³/mol. The van der Waals surface area contributed by atoms with Gasteiger partial charge in [0.25, 0.3) is 0 Å². The first-order valence-corrected chi connectivity index (χ1v) is 6.35. The molecule has 2 N–H and O–H groups in total. The fourth-order valence-electron chi connectivity index (χ4n) is 1.67. The minimum atomic E-state index is -0.373. The molecule has 0 saturated carbocycles. The molecule has 19 heavy (non-hydrogen) atoms. The van der Waals surface area contributed by atoms with Gasteiger partial charge in [0, 0.05) is 0 Å². The molecule has 0 radical (unpaired) electrons. The molecule has 3 aromatic rings. The van der Waals surface area contributed by atoms with E-state index in [0.29, 0.717) is 21.7 Å². The summed E-state index contributed by atoms with van der Waals surface area (Å²) in [5.74, 6) is 0.790. The van der Waals surface area contributed by atoms with Crippen LogP contribution >= 0.6 is 11.3 Å². The van der Waals surface area contributed by atoms with Crippen molar-refractivity contribution in [2.24, 2.45) is 0 Å². The molecule has 0 bridgehead atoms. The molecule has 0 aliphatic carbocycles. The number of nitrogen functional groups attached to an aromatic ring is 1. The summed E-state index contributed by atoms with van der Waals surface area (Å²) in [4.78, 5) is 0.613. The summed E-state index contributed by atoms with van der Waals surface area (Å²) >= 11 is 1.25. The highest BCUT2D eigenvalue weighted by molar-refractivity contribution is 7.20. The van der Waals surface area contributed by atoms with Gasteiger partial charge in [0.1, 0.15) is 11.6 Å². The Kier molecular flexibility index (Phi) is 2.79. The Balaban J connectivity index is 1.87. The summed E-state index contributed by atoms with van der Waals surface area (Å²) < 4.78 is 20.0. The Labute approximate surface area is 111 Å². The number of halogens is 1. The Hall–Kier alpha value is -2.22. The molecule has 2 aromatic heterocycles. The van der Waals surface area contributed by atoms with Crippen LogP contribution in [0, 0.1) is 5.82 Å². The van der Waals surface area contributed by atoms with Gasteiger partial charge >= 0.3 is 0 Å². The maximum atomic E-state index is 12.8. The van der Waals surface area contributed by atoms with Crippen molar-refractivity contribution in [3.63, 3.8) is 0 Å². The van der Waals surface area contributed by atoms with Gasteiger partial charge in [-0.2, -0.15) is 4.52 Å². The van der Waals surface area contributed by atoms with Gasteiger partial charge in [-0.15, -0.1) is 15.3 Å². The second kappa shape index (κ2) is 4.47. The lowest BCUT2D eigenvalue weighted by Gasteiger charge is -2.11. The first kappa shape index (κ1) is 11.8. The van der Waals surface area contributed by atoms with E-state index < -0.39 is 0 Å². The van der Waals surface area contributed by atoms with Crippen molar-refractivity contribution < 1.29 is 9.13 Å². The molecule has 8 heteroatoms. The number of fused-ring (bicyclic) bond motifs is 1. The zero-order valence-electron chi connectivity index (χ0n) is 9.95. The summed E-state index contributed by atoms with van der Waals surface area (Å²) in [5, 5.41) is 12.5. The van der Waals surface area contributed by atoms with Crippen molar-refractivity contribution in [1.82, 2.24) is 19.8 Å². The van der Waals surface area contributed by atoms with Crippen LogP contribution in [0.4, 0.5) is 9.52 Å². The number of nitrogens with two attached hydrogens (primary N) is 1. The van der Waals surface area contributed by atoms with Crippen LogP contribution < -0.4 is 10.5 Å². The second-order valence-electron chi connectivity index (χ2n) is 3.91. The third kappa shape index (κ3) is 2.22. The number of hydrogen-bond donors (Lipinski definition) is 1. The molecular weight excluding hydrogens is 269 g/mol. The molecule has 0 amide bonds. The average molecular weight is 279 g/mol. The van der Waals surface area contributed by atoms with Crippen LogP contribution in [0.5, 0.6) is 5.75 Å². The summed E-state index contributed by atoms with van der Waals surface area (Å²) in [5.41, 5.74) is 5.61. The molecule has 3 rings (SSSR count). The van der Waals surface area contributed by atoms with E-state index in [1.807, 2.05) is 6.92 Å². The van der Waals surface area contributed by atoms with Crippen LogP contribution in [-0.2, 0) is 0 Å². The molecule has 0 aliphatic heterocycles. The van der Waals surface area contributed by atoms with E-state index in [-0.39, 0.29) is 11.9 Å². The van der Waals surface area contributed by atoms with Gasteiger partial charge in [0.2, 0.25) is 10.1 Å². The van der Waals surface area contributed by atoms with Gasteiger partial charge in [-0.25, -0.2) is 4.39 Å². The molecule has 1 unspecified atom stereocenters. The third-order valence-corrected chi connectivity index (χ3v) is 3.25. The fourth-order valence-corrected chi connectivity index (χ4v) is 2.28. The maximum Gasteiger partial charge on any atom is 0.236 e. The molecule has 1 aromatic carbocycles. The van der Waals surface area contributed by atoms with E-state index in [2.05, 4.69) is 15.3 Å². The second-order valence-corrected chi connectivity index (χ2v) is 4.89. The summed E-state index contributed by atoms with van der Waals surface area (Å²) in [6, 6.07) is 5.78. The van der Waals surface area contributed by atoms with Gasteiger partial charge in [0.05, 0.1) is 0 Å². The molecule has 0 spiro atoms. The monoisotopic (exact) mass is 279 g/mol. The standard InChI is InChI=1S/C11H10FN5OS/c1-6(18-8-4-2-7(12)3-5-8)9-14-15-11-17(9)16-10(13)19-11/h2-6H,1H3,(H2,13,16). The Bertz CT molecular complexity index is 708. The molecule has 0 fully saturated rings. The van der Waals surface area contributed by atoms with Gasteiger partial charge in [-0.1, -0.05) is 11.3 Å². The van der Waals surface area contributed by atoms with Gasteiger partial charge in [0.15, 0.2) is 11.9 Å². The Morgan fingerprint density at radius 1 is 1.32 bits per heavy atom. The zero-order chi connectivity index (χ0) is 13.4. The third-order valence-electron chi connectivity index (χ3n) is 2.52. The van der Waals surface area contributed by atoms with Crippen molar-refractivity contribution in [1.29, 1.82) is 0 Å². The van der Waals surface area contributed by atoms with Crippen LogP contribution in [0.25, 0.3) is 4.96 Å². The molecule has 6 nitrogen and oxygen atoms in total. The molecule has 98 valence electrons. The van der Waals surface area contributed by atoms with Crippen molar-refractivity contribution in [2.45, 2.75) is 13.0 Å². The smallest absolute Gasteiger partial charge is 0.236 e. The fraction of sp³-hybridized carbons (Fsp3) is 0.182. The van der Waals surface area contributed by atoms with Crippen molar-refractivity contribution >= 4 is 21.4 Å². The van der Waals surface area contributed by atoms with E-state index in [9.17, 15) is 4.39 Å². The first-order valence-electron chi connectivity index (χ1n) is 5.53. The minimum absolute atomic E-state index is 0.308. The SMILES string of the molecule is CC(Oc1ccc(F)cc1)c1nnc2sc(N)nn12. The molecular formula is C11H10FN5OS. The number of benzene rings is 1. The highest BCUT2D eigenvalue weighted by Gasteiger charge is 2.18. The first-order chi connectivity index (χ1) is 9.13. The van der Waals surface area contributed by atoms with E-state index >= 15 is 0 Å². The lowest BCUT2D eigenvalue weighted by molar-refractivity contribution is 0.213. The van der Waals surface area contributed by atoms with Crippen LogP contribution in [0.2, 0.25) is 0 Å². The van der Waals surface area contributed by atoms with E-state index in [1.165, 1.54) is 23.5 Å². The number of hydrogen-bond acceptors (Lipinski definition) is 6. The van der Waals surface area contributed by atoms with Gasteiger partial charge < -0.3 is 10.5 Å². The van der Waals surface area contributed by atoms with Crippen molar-refractivity contribution in [3.8, 4) is 5.75 Å². The lowest BCUT2D eigenvalue weighted by atomic mass is 10.3. The largest absolute Gasteiger partial charge is 0.483 e. The number of aromatic nitrogens is 4. The summed E-state index contributed by atoms with van der Waals surface area (Å²) in [7, 11) is 0. The quantitative estimate of drug-likeness (QED) is 0.793.